The SMILES string of the molecule is Cc1cc(N2CCN(C)CC2)nc(N2CCCC(C)C2)n1. The molecule has 0 bridgehead atoms. The number of hydrogen-bond donors (Lipinski definition) is 0. The van der Waals surface area contributed by atoms with Crippen LogP contribution in [0.4, 0.5) is 11.8 Å². The molecule has 0 N–H and O–H groups in total. The Morgan fingerprint density at radius 3 is 2.52 bits per heavy atom. The molecule has 2 aliphatic heterocycles. The number of anilines is 2. The Labute approximate surface area is 128 Å². The number of aryl methyl sites for hydroxylation is 1. The summed E-state index contributed by atoms with van der Waals surface area (Å²) in [5, 5.41) is 0. The zero-order valence-corrected chi connectivity index (χ0v) is 13.5. The summed E-state index contributed by atoms with van der Waals surface area (Å²) in [5.74, 6) is 2.77. The molecule has 1 atom stereocenters. The van der Waals surface area contributed by atoms with E-state index in [2.05, 4.69) is 46.6 Å². The zero-order valence-electron chi connectivity index (χ0n) is 13.5. The largest absolute Gasteiger partial charge is 0.354 e. The van der Waals surface area contributed by atoms with Crippen LogP contribution in [0, 0.1) is 12.8 Å². The summed E-state index contributed by atoms with van der Waals surface area (Å²) in [6.07, 6.45) is 2.58. The van der Waals surface area contributed by atoms with E-state index in [1.54, 1.807) is 0 Å². The zero-order chi connectivity index (χ0) is 14.8. The smallest absolute Gasteiger partial charge is 0.227 e. The van der Waals surface area contributed by atoms with Crippen molar-refractivity contribution in [1.29, 1.82) is 0 Å². The predicted octanol–water partition coefficient (Wildman–Crippen LogP) is 1.77. The van der Waals surface area contributed by atoms with E-state index < -0.39 is 0 Å². The molecule has 0 saturated carbocycles. The van der Waals surface area contributed by atoms with Crippen LogP contribution in [0.5, 0.6) is 0 Å². The van der Waals surface area contributed by atoms with Crippen molar-refractivity contribution in [2.24, 2.45) is 5.92 Å². The van der Waals surface area contributed by atoms with Gasteiger partial charge in [-0.3, -0.25) is 0 Å². The Balaban J connectivity index is 1.79. The normalized spacial score (nSPS) is 24.4. The van der Waals surface area contributed by atoms with E-state index in [9.17, 15) is 0 Å². The third kappa shape index (κ3) is 3.46. The second-order valence-corrected chi connectivity index (χ2v) is 6.65. The first kappa shape index (κ1) is 14.6. The molecule has 0 aliphatic carbocycles. The number of hydrogen-bond acceptors (Lipinski definition) is 5. The predicted molar refractivity (Wildman–Crippen MR) is 87.1 cm³/mol. The van der Waals surface area contributed by atoms with Gasteiger partial charge in [0.15, 0.2) is 0 Å². The minimum atomic E-state index is 0.745. The van der Waals surface area contributed by atoms with Crippen LogP contribution in [0.1, 0.15) is 25.5 Å². The van der Waals surface area contributed by atoms with Gasteiger partial charge in [-0.05, 0) is 32.7 Å². The first-order chi connectivity index (χ1) is 10.1. The molecule has 1 aromatic rings. The van der Waals surface area contributed by atoms with E-state index in [0.717, 1.165) is 62.6 Å². The van der Waals surface area contributed by atoms with Crippen molar-refractivity contribution < 1.29 is 0 Å². The van der Waals surface area contributed by atoms with Crippen LogP contribution in [-0.2, 0) is 0 Å². The van der Waals surface area contributed by atoms with Crippen LogP contribution in [0.2, 0.25) is 0 Å². The van der Waals surface area contributed by atoms with E-state index in [1.807, 2.05) is 0 Å². The fraction of sp³-hybridized carbons (Fsp3) is 0.750. The topological polar surface area (TPSA) is 35.5 Å². The summed E-state index contributed by atoms with van der Waals surface area (Å²) in [4.78, 5) is 16.7. The highest BCUT2D eigenvalue weighted by Crippen LogP contribution is 2.23. The van der Waals surface area contributed by atoms with Gasteiger partial charge in [-0.25, -0.2) is 4.98 Å². The van der Waals surface area contributed by atoms with Gasteiger partial charge in [-0.2, -0.15) is 4.98 Å². The Kier molecular flexibility index (Phi) is 4.29. The minimum Gasteiger partial charge on any atom is -0.354 e. The number of likely N-dealkylation sites (N-methyl/N-ethyl adjacent to an activating group) is 1. The fourth-order valence-electron chi connectivity index (χ4n) is 3.25. The molecule has 1 unspecified atom stereocenters. The van der Waals surface area contributed by atoms with E-state index in [4.69, 9.17) is 4.98 Å². The summed E-state index contributed by atoms with van der Waals surface area (Å²) < 4.78 is 0. The highest BCUT2D eigenvalue weighted by molar-refractivity contribution is 5.46. The molecule has 3 rings (SSSR count). The summed E-state index contributed by atoms with van der Waals surface area (Å²) >= 11 is 0. The average Bonchev–Trinajstić information content (AvgIpc) is 2.47. The maximum absolute atomic E-state index is 4.86. The van der Waals surface area contributed by atoms with E-state index in [-0.39, 0.29) is 0 Å². The summed E-state index contributed by atoms with van der Waals surface area (Å²) in [6, 6.07) is 2.13. The van der Waals surface area contributed by atoms with Gasteiger partial charge >= 0.3 is 0 Å². The molecule has 2 saturated heterocycles. The second-order valence-electron chi connectivity index (χ2n) is 6.65. The lowest BCUT2D eigenvalue weighted by atomic mass is 10.0. The average molecular weight is 289 g/mol. The highest BCUT2D eigenvalue weighted by atomic mass is 15.3. The summed E-state index contributed by atoms with van der Waals surface area (Å²) in [5.41, 5.74) is 1.08. The van der Waals surface area contributed by atoms with E-state index in [1.165, 1.54) is 12.8 Å². The molecule has 0 radical (unpaired) electrons. The third-order valence-corrected chi connectivity index (χ3v) is 4.60. The molecule has 2 aliphatic rings. The summed E-state index contributed by atoms with van der Waals surface area (Å²) in [7, 11) is 2.18. The number of aromatic nitrogens is 2. The molecule has 0 amide bonds. The van der Waals surface area contributed by atoms with Crippen LogP contribution in [0.3, 0.4) is 0 Å². The molecule has 0 aromatic carbocycles. The standard InChI is InChI=1S/C16H27N5/c1-13-5-4-6-21(12-13)16-17-14(2)11-15(18-16)20-9-7-19(3)8-10-20/h11,13H,4-10,12H2,1-3H3. The monoisotopic (exact) mass is 289 g/mol. The lowest BCUT2D eigenvalue weighted by Gasteiger charge is -2.35. The molecule has 0 spiro atoms. The van der Waals surface area contributed by atoms with Gasteiger partial charge in [-0.15, -0.1) is 0 Å². The maximum atomic E-state index is 4.86. The van der Waals surface area contributed by atoms with Crippen LogP contribution in [-0.4, -0.2) is 61.2 Å². The highest BCUT2D eigenvalue weighted by Gasteiger charge is 2.21. The Morgan fingerprint density at radius 1 is 1.05 bits per heavy atom. The fourth-order valence-corrected chi connectivity index (χ4v) is 3.25. The third-order valence-electron chi connectivity index (χ3n) is 4.60. The molecule has 116 valence electrons. The maximum Gasteiger partial charge on any atom is 0.227 e. The Hall–Kier alpha value is -1.36. The number of rotatable bonds is 2. The molecular formula is C16H27N5. The van der Waals surface area contributed by atoms with Crippen LogP contribution in [0.25, 0.3) is 0 Å². The van der Waals surface area contributed by atoms with Crippen LogP contribution in [0.15, 0.2) is 6.07 Å². The van der Waals surface area contributed by atoms with Crippen molar-refractivity contribution in [3.63, 3.8) is 0 Å². The van der Waals surface area contributed by atoms with Gasteiger partial charge in [0.2, 0.25) is 5.95 Å². The van der Waals surface area contributed by atoms with Gasteiger partial charge in [0.1, 0.15) is 5.82 Å². The van der Waals surface area contributed by atoms with Gasteiger partial charge < -0.3 is 14.7 Å². The first-order valence-electron chi connectivity index (χ1n) is 8.16. The Bertz CT molecular complexity index is 482. The summed E-state index contributed by atoms with van der Waals surface area (Å²) in [6.45, 7) is 10.9. The van der Waals surface area contributed by atoms with Crippen LogP contribution >= 0.6 is 0 Å². The van der Waals surface area contributed by atoms with Crippen molar-refractivity contribution in [3.8, 4) is 0 Å². The van der Waals surface area contributed by atoms with E-state index in [0.29, 0.717) is 0 Å². The van der Waals surface area contributed by atoms with Crippen molar-refractivity contribution in [1.82, 2.24) is 14.9 Å². The lowest BCUT2D eigenvalue weighted by molar-refractivity contribution is 0.312. The van der Waals surface area contributed by atoms with Gasteiger partial charge in [0.25, 0.3) is 0 Å². The van der Waals surface area contributed by atoms with Crippen LogP contribution < -0.4 is 9.80 Å². The van der Waals surface area contributed by atoms with Crippen molar-refractivity contribution in [2.75, 3.05) is 56.1 Å². The molecule has 2 fully saturated rings. The molecule has 5 heteroatoms. The van der Waals surface area contributed by atoms with Crippen molar-refractivity contribution in [3.05, 3.63) is 11.8 Å². The number of piperidine rings is 1. The van der Waals surface area contributed by atoms with Gasteiger partial charge in [0, 0.05) is 51.0 Å². The molecular weight excluding hydrogens is 262 g/mol. The Morgan fingerprint density at radius 2 is 1.81 bits per heavy atom. The quantitative estimate of drug-likeness (QED) is 0.829. The van der Waals surface area contributed by atoms with Gasteiger partial charge in [0.05, 0.1) is 0 Å². The molecule has 5 nitrogen and oxygen atoms in total. The number of piperazine rings is 1. The van der Waals surface area contributed by atoms with Crippen molar-refractivity contribution >= 4 is 11.8 Å². The minimum absolute atomic E-state index is 0.745. The molecule has 21 heavy (non-hydrogen) atoms. The molecule has 3 heterocycles. The second kappa shape index (κ2) is 6.18. The van der Waals surface area contributed by atoms with Crippen molar-refractivity contribution in [2.45, 2.75) is 26.7 Å². The molecule has 1 aromatic heterocycles. The van der Waals surface area contributed by atoms with E-state index >= 15 is 0 Å². The van der Waals surface area contributed by atoms with Gasteiger partial charge in [-0.1, -0.05) is 6.92 Å². The lowest BCUT2D eigenvalue weighted by Crippen LogP contribution is -2.45. The number of nitrogens with zero attached hydrogens (tertiary/aromatic N) is 5. The first-order valence-corrected chi connectivity index (χ1v) is 8.16.